The number of hydrogen-bond donors (Lipinski definition) is 1. The van der Waals surface area contributed by atoms with Gasteiger partial charge in [-0.15, -0.1) is 35.3 Å². The summed E-state index contributed by atoms with van der Waals surface area (Å²) in [5, 5.41) is 3.38. The first-order valence-corrected chi connectivity index (χ1v) is 8.15. The normalized spacial score (nSPS) is 10.8. The fraction of sp³-hybridized carbons (Fsp3) is 0.353. The second kappa shape index (κ2) is 10.5. The van der Waals surface area contributed by atoms with Crippen LogP contribution in [0.1, 0.15) is 9.75 Å². The van der Waals surface area contributed by atoms with Gasteiger partial charge in [-0.25, -0.2) is 0 Å². The molecule has 0 saturated heterocycles. The van der Waals surface area contributed by atoms with E-state index >= 15 is 0 Å². The van der Waals surface area contributed by atoms with Crippen LogP contribution in [-0.4, -0.2) is 38.1 Å². The number of aryl methyl sites for hydroxylation is 1. The molecule has 0 unspecified atom stereocenters. The zero-order valence-corrected chi connectivity index (χ0v) is 16.9. The number of rotatable bonds is 6. The third-order valence-corrected chi connectivity index (χ3v) is 4.23. The molecule has 0 atom stereocenters. The number of ether oxygens (including phenoxy) is 1. The smallest absolute Gasteiger partial charge is 0.193 e. The topological polar surface area (TPSA) is 36.9 Å². The van der Waals surface area contributed by atoms with Crippen LogP contribution in [0.15, 0.2) is 47.5 Å². The minimum absolute atomic E-state index is 0. The van der Waals surface area contributed by atoms with E-state index in [0.29, 0.717) is 6.61 Å². The number of guanidine groups is 1. The lowest BCUT2D eigenvalue weighted by atomic mass is 10.3. The van der Waals surface area contributed by atoms with Crippen molar-refractivity contribution in [1.82, 2.24) is 10.2 Å². The van der Waals surface area contributed by atoms with E-state index in [-0.39, 0.29) is 24.0 Å². The maximum Gasteiger partial charge on any atom is 0.193 e. The summed E-state index contributed by atoms with van der Waals surface area (Å²) < 4.78 is 5.72. The van der Waals surface area contributed by atoms with Crippen LogP contribution in [0, 0.1) is 6.92 Å². The lowest BCUT2D eigenvalue weighted by Gasteiger charge is -2.22. The van der Waals surface area contributed by atoms with Gasteiger partial charge < -0.3 is 15.0 Å². The molecule has 1 aromatic heterocycles. The molecule has 6 heteroatoms. The first-order chi connectivity index (χ1) is 10.7. The highest BCUT2D eigenvalue weighted by Gasteiger charge is 2.06. The number of para-hydroxylation sites is 1. The van der Waals surface area contributed by atoms with Crippen molar-refractivity contribution in [2.45, 2.75) is 13.5 Å². The average molecular weight is 445 g/mol. The lowest BCUT2D eigenvalue weighted by molar-refractivity contribution is 0.281. The third kappa shape index (κ3) is 6.78. The number of nitrogens with zero attached hydrogens (tertiary/aromatic N) is 2. The van der Waals surface area contributed by atoms with Crippen LogP contribution in [0.25, 0.3) is 0 Å². The summed E-state index contributed by atoms with van der Waals surface area (Å²) in [7, 11) is 3.82. The van der Waals surface area contributed by atoms with Crippen LogP contribution in [0.4, 0.5) is 0 Å². The molecule has 0 fully saturated rings. The fourth-order valence-corrected chi connectivity index (χ4v) is 2.88. The Morgan fingerprint density at radius 1 is 1.22 bits per heavy atom. The van der Waals surface area contributed by atoms with Crippen molar-refractivity contribution in [2.75, 3.05) is 27.2 Å². The van der Waals surface area contributed by atoms with Gasteiger partial charge >= 0.3 is 0 Å². The Hall–Kier alpha value is -1.28. The highest BCUT2D eigenvalue weighted by molar-refractivity contribution is 14.0. The first-order valence-electron chi connectivity index (χ1n) is 7.34. The second-order valence-electron chi connectivity index (χ2n) is 5.00. The van der Waals surface area contributed by atoms with Crippen LogP contribution in [0.2, 0.25) is 0 Å². The molecule has 0 aliphatic heterocycles. The van der Waals surface area contributed by atoms with Crippen molar-refractivity contribution in [3.05, 3.63) is 52.2 Å². The summed E-state index contributed by atoms with van der Waals surface area (Å²) in [4.78, 5) is 9.03. The number of halogens is 1. The molecule has 0 saturated carbocycles. The fourth-order valence-electron chi connectivity index (χ4n) is 2.05. The third-order valence-electron chi connectivity index (χ3n) is 3.23. The molecule has 1 N–H and O–H groups in total. The monoisotopic (exact) mass is 445 g/mol. The highest BCUT2D eigenvalue weighted by Crippen LogP contribution is 2.14. The van der Waals surface area contributed by atoms with E-state index in [1.807, 2.05) is 37.4 Å². The Morgan fingerprint density at radius 2 is 1.96 bits per heavy atom. The lowest BCUT2D eigenvalue weighted by Crippen LogP contribution is -2.40. The van der Waals surface area contributed by atoms with Gasteiger partial charge in [0, 0.05) is 23.8 Å². The van der Waals surface area contributed by atoms with E-state index in [4.69, 9.17) is 4.74 Å². The minimum atomic E-state index is 0. The van der Waals surface area contributed by atoms with Crippen molar-refractivity contribution in [3.8, 4) is 5.75 Å². The van der Waals surface area contributed by atoms with Gasteiger partial charge in [0.25, 0.3) is 0 Å². The van der Waals surface area contributed by atoms with Gasteiger partial charge in [0.2, 0.25) is 0 Å². The molecular weight excluding hydrogens is 421 g/mol. The van der Waals surface area contributed by atoms with E-state index in [2.05, 4.69) is 34.3 Å². The summed E-state index contributed by atoms with van der Waals surface area (Å²) in [6.07, 6.45) is 0. The summed E-state index contributed by atoms with van der Waals surface area (Å²) >= 11 is 1.81. The van der Waals surface area contributed by atoms with Crippen molar-refractivity contribution in [1.29, 1.82) is 0 Å². The van der Waals surface area contributed by atoms with Gasteiger partial charge in [-0.2, -0.15) is 0 Å². The quantitative estimate of drug-likeness (QED) is 0.418. The van der Waals surface area contributed by atoms with Gasteiger partial charge in [-0.3, -0.25) is 4.99 Å². The molecule has 0 amide bonds. The van der Waals surface area contributed by atoms with Gasteiger partial charge in [-0.1, -0.05) is 18.2 Å². The Balaban J connectivity index is 0.00000264. The van der Waals surface area contributed by atoms with E-state index in [0.717, 1.165) is 24.8 Å². The predicted octanol–water partition coefficient (Wildman–Crippen LogP) is 3.76. The number of thiophene rings is 1. The molecule has 1 aromatic carbocycles. The van der Waals surface area contributed by atoms with Crippen molar-refractivity contribution in [2.24, 2.45) is 4.99 Å². The van der Waals surface area contributed by atoms with Crippen molar-refractivity contribution in [3.63, 3.8) is 0 Å². The SMILES string of the molecule is CN=C(NCc1ccc(C)s1)N(C)CCOc1ccccc1.I. The van der Waals surface area contributed by atoms with Crippen LogP contribution < -0.4 is 10.1 Å². The van der Waals surface area contributed by atoms with Gasteiger partial charge in [0.05, 0.1) is 13.1 Å². The molecule has 0 aliphatic rings. The summed E-state index contributed by atoms with van der Waals surface area (Å²) in [5.74, 6) is 1.77. The molecule has 2 aromatic rings. The summed E-state index contributed by atoms with van der Waals surface area (Å²) in [6.45, 7) is 4.32. The standard InChI is InChI=1S/C17H23N3OS.HI/c1-14-9-10-16(22-14)13-19-17(18-2)20(3)11-12-21-15-7-5-4-6-8-15;/h4-10H,11-13H2,1-3H3,(H,18,19);1H. The zero-order chi connectivity index (χ0) is 15.8. The predicted molar refractivity (Wildman–Crippen MR) is 109 cm³/mol. The molecule has 2 rings (SSSR count). The first kappa shape index (κ1) is 19.8. The van der Waals surface area contributed by atoms with E-state index in [1.165, 1.54) is 9.75 Å². The molecule has 0 spiro atoms. The molecule has 0 aliphatic carbocycles. The molecule has 0 radical (unpaired) electrons. The molecule has 1 heterocycles. The van der Waals surface area contributed by atoms with Crippen LogP contribution in [0.5, 0.6) is 5.75 Å². The summed E-state index contributed by atoms with van der Waals surface area (Å²) in [5.41, 5.74) is 0. The van der Waals surface area contributed by atoms with Crippen LogP contribution in [-0.2, 0) is 6.54 Å². The molecule has 126 valence electrons. The van der Waals surface area contributed by atoms with Gasteiger partial charge in [0.1, 0.15) is 12.4 Å². The molecule has 0 bridgehead atoms. The Bertz CT molecular complexity index is 601. The van der Waals surface area contributed by atoms with Crippen molar-refractivity contribution < 1.29 is 4.74 Å². The zero-order valence-electron chi connectivity index (χ0n) is 13.8. The number of benzene rings is 1. The maximum atomic E-state index is 5.72. The van der Waals surface area contributed by atoms with E-state index < -0.39 is 0 Å². The Kier molecular flexibility index (Phi) is 9.01. The number of aliphatic imine (C=N–C) groups is 1. The maximum absolute atomic E-state index is 5.72. The Morgan fingerprint density at radius 3 is 2.57 bits per heavy atom. The summed E-state index contributed by atoms with van der Waals surface area (Å²) in [6, 6.07) is 14.2. The van der Waals surface area contributed by atoms with E-state index in [1.54, 1.807) is 18.4 Å². The van der Waals surface area contributed by atoms with Crippen molar-refractivity contribution >= 4 is 41.3 Å². The molecule has 23 heavy (non-hydrogen) atoms. The van der Waals surface area contributed by atoms with Gasteiger partial charge in [-0.05, 0) is 31.2 Å². The van der Waals surface area contributed by atoms with Gasteiger partial charge in [0.15, 0.2) is 5.96 Å². The number of likely N-dealkylation sites (N-methyl/N-ethyl adjacent to an activating group) is 1. The second-order valence-corrected chi connectivity index (χ2v) is 6.37. The average Bonchev–Trinajstić information content (AvgIpc) is 2.94. The number of nitrogens with one attached hydrogen (secondary N) is 1. The minimum Gasteiger partial charge on any atom is -0.492 e. The molecular formula is C17H24IN3OS. The van der Waals surface area contributed by atoms with E-state index in [9.17, 15) is 0 Å². The largest absolute Gasteiger partial charge is 0.492 e. The van der Waals surface area contributed by atoms with Crippen LogP contribution in [0.3, 0.4) is 0 Å². The number of hydrogen-bond acceptors (Lipinski definition) is 3. The highest BCUT2D eigenvalue weighted by atomic mass is 127. The Labute approximate surface area is 159 Å². The van der Waals surface area contributed by atoms with Crippen LogP contribution >= 0.6 is 35.3 Å². The molecule has 4 nitrogen and oxygen atoms in total.